The average molecular weight is 472 g/mol. The summed E-state index contributed by atoms with van der Waals surface area (Å²) >= 11 is 0. The molecule has 0 radical (unpaired) electrons. The molecule has 2 heterocycles. The molecule has 0 aromatic heterocycles. The maximum atomic E-state index is 13.6. The van der Waals surface area contributed by atoms with Crippen molar-refractivity contribution in [3.05, 3.63) is 45.8 Å². The monoisotopic (exact) mass is 471 g/mol. The number of fused-ring (bicyclic) bond motifs is 2. The molecule has 184 valence electrons. The number of esters is 2. The number of β-amino-alcohol motifs (C(OH)–C–C–N with tert-alkyl or cyclic N) is 1. The molecule has 8 nitrogen and oxygen atoms in total. The maximum absolute atomic E-state index is 13.6. The van der Waals surface area contributed by atoms with Gasteiger partial charge in [0.25, 0.3) is 0 Å². The van der Waals surface area contributed by atoms with Crippen molar-refractivity contribution in [2.24, 2.45) is 5.92 Å². The number of carbonyl (C=O) groups excluding carboxylic acids is 4. The molecule has 8 heteroatoms. The number of Topliss-reactive ketones (excluding diaryl/α,β-unsaturated/α-hetero) is 2. The van der Waals surface area contributed by atoms with E-state index >= 15 is 0 Å². The highest BCUT2D eigenvalue weighted by atomic mass is 16.6. The molecule has 0 aromatic carbocycles. The van der Waals surface area contributed by atoms with Crippen molar-refractivity contribution in [3.8, 4) is 0 Å². The summed E-state index contributed by atoms with van der Waals surface area (Å²) in [6, 6.07) is 0. The van der Waals surface area contributed by atoms with Gasteiger partial charge in [0.15, 0.2) is 11.4 Å². The van der Waals surface area contributed by atoms with Crippen LogP contribution in [0.15, 0.2) is 45.8 Å². The normalized spacial score (nSPS) is 22.7. The van der Waals surface area contributed by atoms with Gasteiger partial charge in [0.1, 0.15) is 5.57 Å². The largest absolute Gasteiger partial charge is 0.465 e. The summed E-state index contributed by atoms with van der Waals surface area (Å²) in [4.78, 5) is 54.7. The highest BCUT2D eigenvalue weighted by Crippen LogP contribution is 2.49. The van der Waals surface area contributed by atoms with Crippen LogP contribution in [0.2, 0.25) is 0 Å². The van der Waals surface area contributed by atoms with E-state index in [0.717, 1.165) is 25.7 Å². The lowest BCUT2D eigenvalue weighted by Gasteiger charge is -2.36. The molecule has 3 rings (SSSR count). The molecule has 0 saturated carbocycles. The Hall–Kier alpha value is -3.00. The summed E-state index contributed by atoms with van der Waals surface area (Å²) in [5, 5.41) is 9.37. The number of carbonyl (C=O) groups is 4. The van der Waals surface area contributed by atoms with Crippen LogP contribution < -0.4 is 0 Å². The van der Waals surface area contributed by atoms with Gasteiger partial charge in [0.2, 0.25) is 5.78 Å². The Kier molecular flexibility index (Phi) is 7.60. The number of unbranched alkanes of at least 4 members (excludes halogenated alkanes) is 3. The van der Waals surface area contributed by atoms with E-state index in [1.54, 1.807) is 24.8 Å². The van der Waals surface area contributed by atoms with Gasteiger partial charge in [-0.1, -0.05) is 39.5 Å². The van der Waals surface area contributed by atoms with Crippen molar-refractivity contribution in [2.75, 3.05) is 20.3 Å². The van der Waals surface area contributed by atoms with Gasteiger partial charge < -0.3 is 19.5 Å². The summed E-state index contributed by atoms with van der Waals surface area (Å²) in [6.45, 7) is 7.15. The van der Waals surface area contributed by atoms with Crippen LogP contribution in [0.1, 0.15) is 59.8 Å². The van der Waals surface area contributed by atoms with E-state index in [9.17, 15) is 24.3 Å². The zero-order valence-corrected chi connectivity index (χ0v) is 20.5. The Morgan fingerprint density at radius 1 is 1.21 bits per heavy atom. The summed E-state index contributed by atoms with van der Waals surface area (Å²) in [7, 11) is 1.21. The summed E-state index contributed by atoms with van der Waals surface area (Å²) in [5.74, 6) is -3.07. The number of aliphatic hydroxyl groups excluding tert-OH is 1. The molecule has 34 heavy (non-hydrogen) atoms. The SMILES string of the molecule is CCCCCC[C@@H](C)C(=O)C1=C2C(C(=O)OC)=C3C=C(C)N(CCO)C=C3C(=O)[C@]2(C)OC1=O. The zero-order chi connectivity index (χ0) is 25.2. The molecular weight excluding hydrogens is 438 g/mol. The first-order valence-corrected chi connectivity index (χ1v) is 11.8. The molecule has 0 bridgehead atoms. The maximum Gasteiger partial charge on any atom is 0.343 e. The van der Waals surface area contributed by atoms with E-state index in [2.05, 4.69) is 6.92 Å². The second-order valence-corrected chi connectivity index (χ2v) is 9.14. The van der Waals surface area contributed by atoms with E-state index in [0.29, 0.717) is 12.1 Å². The standard InChI is InChI=1S/C26H33NO7/c1-6-7-8-9-10-15(2)22(29)20-21-19(24(31)33-5)17-13-16(3)27(11-12-28)14-18(17)23(30)26(21,4)34-25(20)32/h13-15,28H,6-12H2,1-5H3/t15-,26-/m1/s1. The van der Waals surface area contributed by atoms with Gasteiger partial charge in [0.05, 0.1) is 19.3 Å². The van der Waals surface area contributed by atoms with Crippen LogP contribution in [0.5, 0.6) is 0 Å². The van der Waals surface area contributed by atoms with Crippen LogP contribution in [0.4, 0.5) is 0 Å². The third-order valence-corrected chi connectivity index (χ3v) is 6.72. The molecule has 0 aromatic rings. The highest BCUT2D eigenvalue weighted by Gasteiger charge is 2.58. The van der Waals surface area contributed by atoms with E-state index < -0.39 is 35.0 Å². The fourth-order valence-electron chi connectivity index (χ4n) is 4.77. The van der Waals surface area contributed by atoms with Crippen LogP contribution in [-0.2, 0) is 28.7 Å². The topological polar surface area (TPSA) is 110 Å². The fraction of sp³-hybridized carbons (Fsp3) is 0.538. The van der Waals surface area contributed by atoms with Gasteiger partial charge in [0, 0.05) is 41.1 Å². The fourth-order valence-corrected chi connectivity index (χ4v) is 4.77. The predicted octanol–water partition coefficient (Wildman–Crippen LogP) is 2.92. The van der Waals surface area contributed by atoms with Crippen LogP contribution in [0, 0.1) is 5.92 Å². The van der Waals surface area contributed by atoms with E-state index in [4.69, 9.17) is 9.47 Å². The summed E-state index contributed by atoms with van der Waals surface area (Å²) < 4.78 is 10.6. The molecule has 1 N–H and O–H groups in total. The lowest BCUT2D eigenvalue weighted by molar-refractivity contribution is -0.153. The minimum absolute atomic E-state index is 0.00781. The highest BCUT2D eigenvalue weighted by molar-refractivity contribution is 6.28. The number of rotatable bonds is 10. The number of ketones is 2. The number of aliphatic hydroxyl groups is 1. The Balaban J connectivity index is 2.18. The Morgan fingerprint density at radius 3 is 2.53 bits per heavy atom. The molecule has 2 atom stereocenters. The summed E-state index contributed by atoms with van der Waals surface area (Å²) in [5.41, 5.74) is -0.927. The predicted molar refractivity (Wildman–Crippen MR) is 124 cm³/mol. The number of nitrogens with zero attached hydrogens (tertiary/aromatic N) is 1. The van der Waals surface area contributed by atoms with Crippen LogP contribution in [-0.4, -0.2) is 59.4 Å². The molecule has 0 unspecified atom stereocenters. The quantitative estimate of drug-likeness (QED) is 0.294. The Labute approximate surface area is 200 Å². The molecule has 0 fully saturated rings. The van der Waals surface area contributed by atoms with Gasteiger partial charge in [-0.2, -0.15) is 0 Å². The van der Waals surface area contributed by atoms with Gasteiger partial charge in [-0.05, 0) is 26.3 Å². The molecule has 0 spiro atoms. The minimum atomic E-state index is -1.81. The van der Waals surface area contributed by atoms with Crippen molar-refractivity contribution in [2.45, 2.75) is 65.4 Å². The van der Waals surface area contributed by atoms with Crippen molar-refractivity contribution < 1.29 is 33.8 Å². The average Bonchev–Trinajstić information content (AvgIpc) is 3.08. The molecular formula is C26H33NO7. The smallest absolute Gasteiger partial charge is 0.343 e. The lowest BCUT2D eigenvalue weighted by atomic mass is 9.71. The molecule has 1 aliphatic carbocycles. The van der Waals surface area contributed by atoms with Crippen LogP contribution >= 0.6 is 0 Å². The first-order chi connectivity index (χ1) is 16.1. The van der Waals surface area contributed by atoms with Gasteiger partial charge in [-0.15, -0.1) is 0 Å². The molecule has 2 aliphatic heterocycles. The number of hydrogen-bond donors (Lipinski definition) is 1. The number of allylic oxidation sites excluding steroid dienone is 3. The minimum Gasteiger partial charge on any atom is -0.465 e. The van der Waals surface area contributed by atoms with Crippen LogP contribution in [0.3, 0.4) is 0 Å². The molecule has 3 aliphatic rings. The Morgan fingerprint density at radius 2 is 1.91 bits per heavy atom. The van der Waals surface area contributed by atoms with Crippen molar-refractivity contribution in [1.29, 1.82) is 0 Å². The third-order valence-electron chi connectivity index (χ3n) is 6.72. The first-order valence-electron chi connectivity index (χ1n) is 11.8. The first kappa shape index (κ1) is 25.6. The second kappa shape index (κ2) is 10.1. The summed E-state index contributed by atoms with van der Waals surface area (Å²) in [6.07, 6.45) is 7.74. The van der Waals surface area contributed by atoms with Crippen molar-refractivity contribution >= 4 is 23.5 Å². The second-order valence-electron chi connectivity index (χ2n) is 9.14. The number of ether oxygens (including phenoxy) is 2. The van der Waals surface area contributed by atoms with Crippen molar-refractivity contribution in [3.63, 3.8) is 0 Å². The van der Waals surface area contributed by atoms with Gasteiger partial charge in [-0.3, -0.25) is 9.59 Å². The number of hydrogen-bond acceptors (Lipinski definition) is 8. The molecule has 0 saturated heterocycles. The number of methoxy groups -OCH3 is 1. The van der Waals surface area contributed by atoms with E-state index in [1.165, 1.54) is 20.2 Å². The van der Waals surface area contributed by atoms with Crippen molar-refractivity contribution in [1.82, 2.24) is 4.90 Å². The molecule has 0 amide bonds. The van der Waals surface area contributed by atoms with Gasteiger partial charge >= 0.3 is 11.9 Å². The zero-order valence-electron chi connectivity index (χ0n) is 20.5. The van der Waals surface area contributed by atoms with Gasteiger partial charge in [-0.25, -0.2) is 9.59 Å². The van der Waals surface area contributed by atoms with Crippen LogP contribution in [0.25, 0.3) is 0 Å². The van der Waals surface area contributed by atoms with E-state index in [1.807, 2.05) is 0 Å². The Bertz CT molecular complexity index is 1050. The van der Waals surface area contributed by atoms with E-state index in [-0.39, 0.29) is 41.0 Å². The lowest BCUT2D eigenvalue weighted by Crippen LogP contribution is -2.45. The third kappa shape index (κ3) is 4.27.